The fraction of sp³-hybridized carbons (Fsp3) is 0.524. The van der Waals surface area contributed by atoms with Crippen LogP contribution in [-0.2, 0) is 6.54 Å². The van der Waals surface area contributed by atoms with E-state index in [0.717, 1.165) is 30.2 Å². The predicted octanol–water partition coefficient (Wildman–Crippen LogP) is 3.23. The Hall–Kier alpha value is -1.62. The van der Waals surface area contributed by atoms with Gasteiger partial charge >= 0.3 is 0 Å². The number of likely N-dealkylation sites (N-methyl/N-ethyl adjacent to an activating group) is 1. The van der Waals surface area contributed by atoms with E-state index in [4.69, 9.17) is 4.42 Å². The van der Waals surface area contributed by atoms with E-state index in [9.17, 15) is 0 Å². The first-order chi connectivity index (χ1) is 12.1. The summed E-state index contributed by atoms with van der Waals surface area (Å²) < 4.78 is 5.97. The highest BCUT2D eigenvalue weighted by molar-refractivity contribution is 5.57. The summed E-state index contributed by atoms with van der Waals surface area (Å²) in [5.74, 6) is 2.60. The van der Waals surface area contributed by atoms with Gasteiger partial charge in [0.25, 0.3) is 0 Å². The largest absolute Gasteiger partial charge is 0.460 e. The monoisotopic (exact) mass is 341 g/mol. The van der Waals surface area contributed by atoms with Crippen molar-refractivity contribution in [1.29, 1.82) is 0 Å². The number of aryl methyl sites for hydroxylation is 1. The second kappa shape index (κ2) is 8.65. The van der Waals surface area contributed by atoms with Gasteiger partial charge in [-0.25, -0.2) is 0 Å². The van der Waals surface area contributed by atoms with Crippen LogP contribution in [0, 0.1) is 12.8 Å². The molecule has 0 saturated carbocycles. The molecule has 0 spiro atoms. The van der Waals surface area contributed by atoms with Crippen molar-refractivity contribution < 1.29 is 4.42 Å². The van der Waals surface area contributed by atoms with E-state index in [0.29, 0.717) is 5.92 Å². The van der Waals surface area contributed by atoms with E-state index in [1.807, 2.05) is 0 Å². The van der Waals surface area contributed by atoms with Crippen molar-refractivity contribution in [2.75, 3.05) is 46.3 Å². The maximum Gasteiger partial charge on any atom is 0.134 e. The summed E-state index contributed by atoms with van der Waals surface area (Å²) in [6.45, 7) is 12.2. The molecule has 2 heterocycles. The lowest BCUT2D eigenvalue weighted by atomic mass is 10.1. The molecule has 3 rings (SSSR count). The Morgan fingerprint density at radius 1 is 1.04 bits per heavy atom. The Kier molecular flexibility index (Phi) is 6.29. The third-order valence-electron chi connectivity index (χ3n) is 4.96. The number of hydrogen-bond donors (Lipinski definition) is 1. The zero-order chi connectivity index (χ0) is 17.6. The van der Waals surface area contributed by atoms with Crippen LogP contribution in [0.15, 0.2) is 40.8 Å². The Bertz CT molecular complexity index is 641. The molecule has 1 aliphatic rings. The van der Waals surface area contributed by atoms with Crippen LogP contribution < -0.4 is 5.32 Å². The standard InChI is InChI=1S/C21H31N3O/c1-17-4-6-19(7-5-17)21-9-8-20(25-21)15-22-14-18(2)16-24-12-10-23(3)11-13-24/h4-9,18,22H,10-16H2,1-3H3. The van der Waals surface area contributed by atoms with Gasteiger partial charge in [-0.3, -0.25) is 0 Å². The molecule has 1 aromatic heterocycles. The lowest BCUT2D eigenvalue weighted by Gasteiger charge is -2.33. The molecule has 0 amide bonds. The summed E-state index contributed by atoms with van der Waals surface area (Å²) >= 11 is 0. The molecule has 4 nitrogen and oxygen atoms in total. The molecule has 1 fully saturated rings. The molecule has 25 heavy (non-hydrogen) atoms. The number of nitrogens with zero attached hydrogens (tertiary/aromatic N) is 2. The number of piperazine rings is 1. The van der Waals surface area contributed by atoms with Gasteiger partial charge in [0.05, 0.1) is 6.54 Å². The predicted molar refractivity (Wildman–Crippen MR) is 104 cm³/mol. The molecule has 1 unspecified atom stereocenters. The number of hydrogen-bond acceptors (Lipinski definition) is 4. The quantitative estimate of drug-likeness (QED) is 0.838. The normalized spacial score (nSPS) is 17.7. The van der Waals surface area contributed by atoms with E-state index in [1.165, 1.54) is 38.3 Å². The van der Waals surface area contributed by atoms with Crippen LogP contribution >= 0.6 is 0 Å². The molecule has 4 heteroatoms. The summed E-state index contributed by atoms with van der Waals surface area (Å²) in [7, 11) is 2.20. The van der Waals surface area contributed by atoms with Gasteiger partial charge < -0.3 is 19.5 Å². The molecule has 1 saturated heterocycles. The SMILES string of the molecule is Cc1ccc(-c2ccc(CNCC(C)CN3CCN(C)CC3)o2)cc1. The van der Waals surface area contributed by atoms with Gasteiger partial charge in [0.2, 0.25) is 0 Å². The van der Waals surface area contributed by atoms with Crippen LogP contribution in [0.3, 0.4) is 0 Å². The van der Waals surface area contributed by atoms with E-state index in [1.54, 1.807) is 0 Å². The molecule has 1 aliphatic heterocycles. The van der Waals surface area contributed by atoms with Gasteiger partial charge in [-0.05, 0) is 38.6 Å². The van der Waals surface area contributed by atoms with Crippen molar-refractivity contribution in [1.82, 2.24) is 15.1 Å². The van der Waals surface area contributed by atoms with Crippen LogP contribution in [0.1, 0.15) is 18.2 Å². The third-order valence-corrected chi connectivity index (χ3v) is 4.96. The zero-order valence-electron chi connectivity index (χ0n) is 15.8. The Balaban J connectivity index is 1.41. The Morgan fingerprint density at radius 3 is 2.48 bits per heavy atom. The van der Waals surface area contributed by atoms with Gasteiger partial charge in [0.1, 0.15) is 11.5 Å². The molecule has 136 valence electrons. The highest BCUT2D eigenvalue weighted by atomic mass is 16.3. The van der Waals surface area contributed by atoms with Crippen LogP contribution in [0.2, 0.25) is 0 Å². The summed E-state index contributed by atoms with van der Waals surface area (Å²) in [6.07, 6.45) is 0. The van der Waals surface area contributed by atoms with E-state index >= 15 is 0 Å². The Labute approximate surface area is 151 Å². The maximum atomic E-state index is 5.97. The first-order valence-electron chi connectivity index (χ1n) is 9.37. The maximum absolute atomic E-state index is 5.97. The van der Waals surface area contributed by atoms with Crippen LogP contribution in [0.4, 0.5) is 0 Å². The fourth-order valence-electron chi connectivity index (χ4n) is 3.32. The highest BCUT2D eigenvalue weighted by Gasteiger charge is 2.16. The molecular formula is C21H31N3O. The lowest BCUT2D eigenvalue weighted by molar-refractivity contribution is 0.138. The Morgan fingerprint density at radius 2 is 1.76 bits per heavy atom. The molecule has 0 radical (unpaired) electrons. The van der Waals surface area contributed by atoms with Gasteiger partial charge in [-0.15, -0.1) is 0 Å². The molecule has 2 aromatic rings. The van der Waals surface area contributed by atoms with Crippen LogP contribution in [-0.4, -0.2) is 56.1 Å². The number of nitrogens with one attached hydrogen (secondary N) is 1. The third kappa shape index (κ3) is 5.43. The minimum Gasteiger partial charge on any atom is -0.460 e. The van der Waals surface area contributed by atoms with Crippen molar-refractivity contribution >= 4 is 0 Å². The smallest absolute Gasteiger partial charge is 0.134 e. The minimum atomic E-state index is 0.648. The summed E-state index contributed by atoms with van der Waals surface area (Å²) in [6, 6.07) is 12.6. The number of furan rings is 1. The van der Waals surface area contributed by atoms with Crippen molar-refractivity contribution in [3.63, 3.8) is 0 Å². The second-order valence-corrected chi connectivity index (χ2v) is 7.47. The average molecular weight is 341 g/mol. The van der Waals surface area contributed by atoms with Crippen molar-refractivity contribution in [3.8, 4) is 11.3 Å². The van der Waals surface area contributed by atoms with E-state index < -0.39 is 0 Å². The van der Waals surface area contributed by atoms with Crippen LogP contribution in [0.25, 0.3) is 11.3 Å². The van der Waals surface area contributed by atoms with Crippen molar-refractivity contribution in [3.05, 3.63) is 47.7 Å². The molecule has 1 N–H and O–H groups in total. The van der Waals surface area contributed by atoms with Gasteiger partial charge in [0.15, 0.2) is 0 Å². The van der Waals surface area contributed by atoms with Crippen molar-refractivity contribution in [2.45, 2.75) is 20.4 Å². The number of rotatable bonds is 7. The van der Waals surface area contributed by atoms with Gasteiger partial charge in [0, 0.05) is 38.3 Å². The van der Waals surface area contributed by atoms with Gasteiger partial charge in [-0.2, -0.15) is 0 Å². The summed E-state index contributed by atoms with van der Waals surface area (Å²) in [4.78, 5) is 4.98. The van der Waals surface area contributed by atoms with E-state index in [2.05, 4.69) is 72.4 Å². The molecule has 0 aliphatic carbocycles. The average Bonchev–Trinajstić information content (AvgIpc) is 3.06. The molecular weight excluding hydrogens is 310 g/mol. The lowest BCUT2D eigenvalue weighted by Crippen LogP contribution is -2.46. The number of benzene rings is 1. The molecule has 0 bridgehead atoms. The first-order valence-corrected chi connectivity index (χ1v) is 9.37. The first kappa shape index (κ1) is 18.2. The van der Waals surface area contributed by atoms with Crippen molar-refractivity contribution in [2.24, 2.45) is 5.92 Å². The fourth-order valence-corrected chi connectivity index (χ4v) is 3.32. The summed E-state index contributed by atoms with van der Waals surface area (Å²) in [5, 5.41) is 3.54. The highest BCUT2D eigenvalue weighted by Crippen LogP contribution is 2.22. The van der Waals surface area contributed by atoms with E-state index in [-0.39, 0.29) is 0 Å². The zero-order valence-corrected chi connectivity index (χ0v) is 15.8. The topological polar surface area (TPSA) is 31.6 Å². The second-order valence-electron chi connectivity index (χ2n) is 7.47. The molecule has 1 atom stereocenters. The van der Waals surface area contributed by atoms with Crippen LogP contribution in [0.5, 0.6) is 0 Å². The molecule has 1 aromatic carbocycles. The minimum absolute atomic E-state index is 0.648. The van der Waals surface area contributed by atoms with Gasteiger partial charge in [-0.1, -0.05) is 36.8 Å². The summed E-state index contributed by atoms with van der Waals surface area (Å²) in [5.41, 5.74) is 2.41.